The van der Waals surface area contributed by atoms with Crippen LogP contribution < -0.4 is 5.73 Å². The maximum Gasteiger partial charge on any atom is 0.141 e. The highest BCUT2D eigenvalue weighted by Gasteiger charge is 2.04. The number of nitrogens with zero attached hydrogens (tertiary/aromatic N) is 2. The summed E-state index contributed by atoms with van der Waals surface area (Å²) in [5, 5.41) is 4.25. The van der Waals surface area contributed by atoms with Crippen molar-refractivity contribution in [2.45, 2.75) is 6.42 Å². The Labute approximate surface area is 97.6 Å². The molecule has 0 aliphatic carbocycles. The first-order valence-corrected chi connectivity index (χ1v) is 5.27. The fourth-order valence-corrected chi connectivity index (χ4v) is 1.60. The molecule has 0 spiro atoms. The molecule has 0 saturated heterocycles. The molecule has 0 aliphatic rings. The Balaban J connectivity index is 2.31. The van der Waals surface area contributed by atoms with Crippen LogP contribution in [0.2, 0.25) is 5.02 Å². The van der Waals surface area contributed by atoms with E-state index < -0.39 is 5.82 Å². The number of halogens is 2. The standard InChI is InChI=1S/C11H11ClFN3/c12-10-5-9(1-2-11(10)13)16-7-8(3-4-14)6-15-16/h1-2,5-7H,3-4,14H2. The molecule has 1 heterocycles. The molecule has 2 rings (SSSR count). The largest absolute Gasteiger partial charge is 0.330 e. The number of benzene rings is 1. The van der Waals surface area contributed by atoms with Gasteiger partial charge in [-0.05, 0) is 36.7 Å². The highest BCUT2D eigenvalue weighted by molar-refractivity contribution is 6.30. The molecule has 1 aromatic heterocycles. The zero-order valence-electron chi connectivity index (χ0n) is 8.53. The molecule has 1 aromatic carbocycles. The van der Waals surface area contributed by atoms with Crippen LogP contribution in [0.25, 0.3) is 5.69 Å². The van der Waals surface area contributed by atoms with Crippen LogP contribution in [0.15, 0.2) is 30.6 Å². The van der Waals surface area contributed by atoms with Crippen molar-refractivity contribution in [2.24, 2.45) is 5.73 Å². The van der Waals surface area contributed by atoms with Gasteiger partial charge >= 0.3 is 0 Å². The van der Waals surface area contributed by atoms with Gasteiger partial charge in [0.25, 0.3) is 0 Å². The average Bonchev–Trinajstić information content (AvgIpc) is 2.71. The average molecular weight is 240 g/mol. The van der Waals surface area contributed by atoms with E-state index in [2.05, 4.69) is 5.10 Å². The van der Waals surface area contributed by atoms with Gasteiger partial charge in [0.15, 0.2) is 0 Å². The zero-order valence-corrected chi connectivity index (χ0v) is 9.28. The Hall–Kier alpha value is -1.39. The van der Waals surface area contributed by atoms with E-state index in [1.54, 1.807) is 16.9 Å². The van der Waals surface area contributed by atoms with Gasteiger partial charge in [-0.1, -0.05) is 11.6 Å². The van der Waals surface area contributed by atoms with Crippen molar-refractivity contribution < 1.29 is 4.39 Å². The maximum absolute atomic E-state index is 13.0. The lowest BCUT2D eigenvalue weighted by Crippen LogP contribution is -2.01. The lowest BCUT2D eigenvalue weighted by atomic mass is 10.2. The van der Waals surface area contributed by atoms with Crippen LogP contribution in [-0.2, 0) is 6.42 Å². The molecule has 0 bridgehead atoms. The molecule has 0 atom stereocenters. The maximum atomic E-state index is 13.0. The van der Waals surface area contributed by atoms with Crippen molar-refractivity contribution in [2.75, 3.05) is 6.54 Å². The van der Waals surface area contributed by atoms with Gasteiger partial charge in [0, 0.05) is 6.20 Å². The number of nitrogens with two attached hydrogens (primary N) is 1. The topological polar surface area (TPSA) is 43.8 Å². The van der Waals surface area contributed by atoms with Crippen LogP contribution in [0.1, 0.15) is 5.56 Å². The van der Waals surface area contributed by atoms with Gasteiger partial charge in [0.1, 0.15) is 5.82 Å². The quantitative estimate of drug-likeness (QED) is 0.892. The van der Waals surface area contributed by atoms with E-state index in [9.17, 15) is 4.39 Å². The Kier molecular flexibility index (Phi) is 3.22. The summed E-state index contributed by atoms with van der Waals surface area (Å²) in [6.45, 7) is 0.579. The molecular formula is C11H11ClFN3. The van der Waals surface area contributed by atoms with Gasteiger partial charge < -0.3 is 5.73 Å². The third-order valence-electron chi connectivity index (χ3n) is 2.24. The summed E-state index contributed by atoms with van der Waals surface area (Å²) in [6, 6.07) is 4.48. The Morgan fingerprint density at radius 3 is 2.94 bits per heavy atom. The Morgan fingerprint density at radius 1 is 1.44 bits per heavy atom. The summed E-state index contributed by atoms with van der Waals surface area (Å²) in [6.07, 6.45) is 4.37. The van der Waals surface area contributed by atoms with E-state index in [4.69, 9.17) is 17.3 Å². The summed E-state index contributed by atoms with van der Waals surface area (Å²) in [4.78, 5) is 0. The third kappa shape index (κ3) is 2.23. The first-order valence-electron chi connectivity index (χ1n) is 4.90. The van der Waals surface area contributed by atoms with E-state index in [0.717, 1.165) is 17.7 Å². The molecule has 0 fully saturated rings. The van der Waals surface area contributed by atoms with Crippen LogP contribution in [0.5, 0.6) is 0 Å². The van der Waals surface area contributed by atoms with E-state index >= 15 is 0 Å². The fraction of sp³-hybridized carbons (Fsp3) is 0.182. The number of aromatic nitrogens is 2. The first kappa shape index (κ1) is 11.1. The summed E-state index contributed by atoms with van der Waals surface area (Å²) in [5.74, 6) is -0.431. The van der Waals surface area contributed by atoms with Crippen molar-refractivity contribution in [3.63, 3.8) is 0 Å². The predicted octanol–water partition coefficient (Wildman–Crippen LogP) is 2.17. The van der Waals surface area contributed by atoms with Crippen LogP contribution in [0.3, 0.4) is 0 Å². The number of rotatable bonds is 3. The highest BCUT2D eigenvalue weighted by atomic mass is 35.5. The second-order valence-electron chi connectivity index (χ2n) is 3.43. The minimum Gasteiger partial charge on any atom is -0.330 e. The van der Waals surface area contributed by atoms with Crippen molar-refractivity contribution in [3.8, 4) is 5.69 Å². The molecule has 0 saturated carbocycles. The monoisotopic (exact) mass is 239 g/mol. The molecule has 2 aromatic rings. The highest BCUT2D eigenvalue weighted by Crippen LogP contribution is 2.18. The van der Waals surface area contributed by atoms with Gasteiger partial charge in [-0.3, -0.25) is 0 Å². The van der Waals surface area contributed by atoms with E-state index in [1.165, 1.54) is 12.1 Å². The Bertz CT molecular complexity index is 496. The molecule has 3 nitrogen and oxygen atoms in total. The van der Waals surface area contributed by atoms with Gasteiger partial charge in [0.05, 0.1) is 16.9 Å². The van der Waals surface area contributed by atoms with Gasteiger partial charge in [0.2, 0.25) is 0 Å². The van der Waals surface area contributed by atoms with Gasteiger partial charge in [-0.2, -0.15) is 5.10 Å². The van der Waals surface area contributed by atoms with E-state index in [-0.39, 0.29) is 5.02 Å². The molecule has 0 radical (unpaired) electrons. The molecule has 0 unspecified atom stereocenters. The smallest absolute Gasteiger partial charge is 0.141 e. The minimum atomic E-state index is -0.431. The summed E-state index contributed by atoms with van der Waals surface area (Å²) >= 11 is 5.70. The summed E-state index contributed by atoms with van der Waals surface area (Å²) in [7, 11) is 0. The second kappa shape index (κ2) is 4.63. The van der Waals surface area contributed by atoms with Crippen LogP contribution in [0, 0.1) is 5.82 Å². The van der Waals surface area contributed by atoms with Crippen molar-refractivity contribution >= 4 is 11.6 Å². The number of hydrogen-bond acceptors (Lipinski definition) is 2. The molecular weight excluding hydrogens is 229 g/mol. The van der Waals surface area contributed by atoms with Crippen LogP contribution >= 0.6 is 11.6 Å². The number of hydrogen-bond donors (Lipinski definition) is 1. The van der Waals surface area contributed by atoms with Gasteiger partial charge in [-0.15, -0.1) is 0 Å². The second-order valence-corrected chi connectivity index (χ2v) is 3.84. The first-order chi connectivity index (χ1) is 7.70. The van der Waals surface area contributed by atoms with Crippen molar-refractivity contribution in [1.82, 2.24) is 9.78 Å². The summed E-state index contributed by atoms with van der Waals surface area (Å²) < 4.78 is 14.6. The molecule has 0 amide bonds. The van der Waals surface area contributed by atoms with Gasteiger partial charge in [-0.25, -0.2) is 9.07 Å². The predicted molar refractivity (Wildman–Crippen MR) is 61.3 cm³/mol. The van der Waals surface area contributed by atoms with Crippen LogP contribution in [0.4, 0.5) is 4.39 Å². The minimum absolute atomic E-state index is 0.0911. The molecule has 0 aliphatic heterocycles. The van der Waals surface area contributed by atoms with Crippen LogP contribution in [-0.4, -0.2) is 16.3 Å². The normalized spacial score (nSPS) is 10.7. The fourth-order valence-electron chi connectivity index (χ4n) is 1.42. The van der Waals surface area contributed by atoms with E-state index in [1.807, 2.05) is 6.20 Å². The molecule has 2 N–H and O–H groups in total. The third-order valence-corrected chi connectivity index (χ3v) is 2.53. The van der Waals surface area contributed by atoms with E-state index in [0.29, 0.717) is 6.54 Å². The lowest BCUT2D eigenvalue weighted by molar-refractivity contribution is 0.627. The van der Waals surface area contributed by atoms with Crippen molar-refractivity contribution in [1.29, 1.82) is 0 Å². The lowest BCUT2D eigenvalue weighted by Gasteiger charge is -2.01. The van der Waals surface area contributed by atoms with Crippen molar-refractivity contribution in [3.05, 3.63) is 47.0 Å². The Morgan fingerprint density at radius 2 is 2.25 bits per heavy atom. The molecule has 16 heavy (non-hydrogen) atoms. The molecule has 5 heteroatoms. The molecule has 84 valence electrons. The SMILES string of the molecule is NCCc1cnn(-c2ccc(F)c(Cl)c2)c1. The summed E-state index contributed by atoms with van der Waals surface area (Å²) in [5.41, 5.74) is 7.22. The zero-order chi connectivity index (χ0) is 11.5.